The van der Waals surface area contributed by atoms with E-state index < -0.39 is 0 Å². The molecule has 2 fully saturated rings. The quantitative estimate of drug-likeness (QED) is 0.653. The van der Waals surface area contributed by atoms with E-state index in [0.29, 0.717) is 5.92 Å². The predicted octanol–water partition coefficient (Wildman–Crippen LogP) is 3.24. The van der Waals surface area contributed by atoms with Crippen molar-refractivity contribution in [2.45, 2.75) is 45.2 Å². The fourth-order valence-electron chi connectivity index (χ4n) is 4.21. The van der Waals surface area contributed by atoms with Gasteiger partial charge >= 0.3 is 0 Å². The van der Waals surface area contributed by atoms with E-state index in [2.05, 4.69) is 41.0 Å². The molecule has 7 heteroatoms. The summed E-state index contributed by atoms with van der Waals surface area (Å²) in [6, 6.07) is 6.34. The summed E-state index contributed by atoms with van der Waals surface area (Å²) in [5.41, 5.74) is 3.91. The van der Waals surface area contributed by atoms with Crippen LogP contribution >= 0.6 is 0 Å². The lowest BCUT2D eigenvalue weighted by Gasteiger charge is -2.35. The molecule has 2 aliphatic rings. The van der Waals surface area contributed by atoms with Crippen LogP contribution in [0.15, 0.2) is 36.8 Å². The molecule has 1 amide bonds. The van der Waals surface area contributed by atoms with Crippen molar-refractivity contribution in [2.24, 2.45) is 0 Å². The molecule has 5 rings (SSSR count). The largest absolute Gasteiger partial charge is 0.336 e. The molecule has 0 N–H and O–H groups in total. The van der Waals surface area contributed by atoms with Gasteiger partial charge in [-0.1, -0.05) is 0 Å². The van der Waals surface area contributed by atoms with Gasteiger partial charge in [0.15, 0.2) is 5.65 Å². The van der Waals surface area contributed by atoms with Gasteiger partial charge in [0.2, 0.25) is 0 Å². The Morgan fingerprint density at radius 3 is 2.53 bits per heavy atom. The fourth-order valence-corrected chi connectivity index (χ4v) is 4.21. The normalized spacial score (nSPS) is 17.8. The van der Waals surface area contributed by atoms with Crippen LogP contribution in [0.3, 0.4) is 0 Å². The molecule has 1 aliphatic heterocycles. The highest BCUT2D eigenvalue weighted by Gasteiger charge is 2.30. The summed E-state index contributed by atoms with van der Waals surface area (Å²) in [5.74, 6) is 0.602. The van der Waals surface area contributed by atoms with Crippen LogP contribution in [0, 0.1) is 0 Å². The average Bonchev–Trinajstić information content (AvgIpc) is 3.52. The maximum Gasteiger partial charge on any atom is 0.254 e. The standard InChI is InChI=1S/C23H28N6O/c1-16(2)29-22-20(14-25-29)19(13-21(26-22)18-3-4-18)23(30)28-11-9-27(10-12-28)15-17-5-7-24-8-6-17/h5-8,13-14,16,18H,3-4,9-12,15H2,1-2H3. The number of hydrogen-bond donors (Lipinski definition) is 0. The third-order valence-corrected chi connectivity index (χ3v) is 6.12. The van der Waals surface area contributed by atoms with Gasteiger partial charge in [0.05, 0.1) is 17.1 Å². The number of piperazine rings is 1. The van der Waals surface area contributed by atoms with Crippen molar-refractivity contribution in [2.75, 3.05) is 26.2 Å². The molecule has 0 aromatic carbocycles. The third kappa shape index (κ3) is 3.69. The van der Waals surface area contributed by atoms with E-state index in [9.17, 15) is 4.79 Å². The monoisotopic (exact) mass is 404 g/mol. The van der Waals surface area contributed by atoms with Gasteiger partial charge in [-0.25, -0.2) is 9.67 Å². The number of hydrogen-bond acceptors (Lipinski definition) is 5. The summed E-state index contributed by atoms with van der Waals surface area (Å²) >= 11 is 0. The number of carbonyl (C=O) groups is 1. The molecule has 0 spiro atoms. The number of aromatic nitrogens is 4. The molecular formula is C23H28N6O. The second kappa shape index (κ2) is 7.80. The van der Waals surface area contributed by atoms with E-state index in [0.717, 1.165) is 67.9 Å². The Kier molecular flexibility index (Phi) is 4.98. The van der Waals surface area contributed by atoms with Crippen molar-refractivity contribution in [3.63, 3.8) is 0 Å². The second-order valence-electron chi connectivity index (χ2n) is 8.71. The number of rotatable bonds is 5. The van der Waals surface area contributed by atoms with Crippen molar-refractivity contribution < 1.29 is 4.79 Å². The Labute approximate surface area is 176 Å². The minimum absolute atomic E-state index is 0.108. The van der Waals surface area contributed by atoms with Crippen LogP contribution in [0.4, 0.5) is 0 Å². The molecule has 3 aromatic rings. The van der Waals surface area contributed by atoms with Gasteiger partial charge in [-0.05, 0) is 50.5 Å². The van der Waals surface area contributed by atoms with E-state index in [1.165, 1.54) is 5.56 Å². The maximum absolute atomic E-state index is 13.5. The van der Waals surface area contributed by atoms with Crippen LogP contribution in [-0.2, 0) is 6.54 Å². The SMILES string of the molecule is CC(C)n1ncc2c(C(=O)N3CCN(Cc4ccncc4)CC3)cc(C3CC3)nc21. The van der Waals surface area contributed by atoms with Gasteiger partial charge in [0, 0.05) is 62.8 Å². The zero-order valence-electron chi connectivity index (χ0n) is 17.7. The first-order valence-electron chi connectivity index (χ1n) is 10.9. The summed E-state index contributed by atoms with van der Waals surface area (Å²) in [6.45, 7) is 8.33. The highest BCUT2D eigenvalue weighted by atomic mass is 16.2. The van der Waals surface area contributed by atoms with Crippen molar-refractivity contribution in [1.82, 2.24) is 29.5 Å². The molecule has 3 aromatic heterocycles. The van der Waals surface area contributed by atoms with Gasteiger partial charge < -0.3 is 4.90 Å². The zero-order valence-corrected chi connectivity index (χ0v) is 17.7. The lowest BCUT2D eigenvalue weighted by Crippen LogP contribution is -2.48. The van der Waals surface area contributed by atoms with E-state index in [1.54, 1.807) is 0 Å². The van der Waals surface area contributed by atoms with Crippen molar-refractivity contribution >= 4 is 16.9 Å². The molecule has 0 atom stereocenters. The Balaban J connectivity index is 1.36. The average molecular weight is 405 g/mol. The Morgan fingerprint density at radius 1 is 1.13 bits per heavy atom. The molecule has 0 bridgehead atoms. The van der Waals surface area contributed by atoms with E-state index in [4.69, 9.17) is 4.98 Å². The first kappa shape index (κ1) is 19.2. The van der Waals surface area contributed by atoms with Gasteiger partial charge in [0.1, 0.15) is 0 Å². The van der Waals surface area contributed by atoms with Crippen molar-refractivity contribution in [3.8, 4) is 0 Å². The number of carbonyl (C=O) groups excluding carboxylic acids is 1. The van der Waals surface area contributed by atoms with Gasteiger partial charge in [-0.15, -0.1) is 0 Å². The maximum atomic E-state index is 13.5. The molecule has 1 saturated carbocycles. The number of pyridine rings is 2. The van der Waals surface area contributed by atoms with Crippen LogP contribution in [-0.4, -0.2) is 61.6 Å². The zero-order chi connectivity index (χ0) is 20.7. The molecule has 156 valence electrons. The number of nitrogens with zero attached hydrogens (tertiary/aromatic N) is 6. The van der Waals surface area contributed by atoms with E-state index in [1.807, 2.05) is 34.2 Å². The van der Waals surface area contributed by atoms with Gasteiger partial charge in [0.25, 0.3) is 5.91 Å². The van der Waals surface area contributed by atoms with Crippen LogP contribution < -0.4 is 0 Å². The smallest absolute Gasteiger partial charge is 0.254 e. The van der Waals surface area contributed by atoms with Gasteiger partial charge in [-0.2, -0.15) is 5.10 Å². The summed E-state index contributed by atoms with van der Waals surface area (Å²) in [6.07, 6.45) is 7.80. The second-order valence-corrected chi connectivity index (χ2v) is 8.71. The minimum Gasteiger partial charge on any atom is -0.336 e. The van der Waals surface area contributed by atoms with Crippen LogP contribution in [0.5, 0.6) is 0 Å². The molecule has 30 heavy (non-hydrogen) atoms. The lowest BCUT2D eigenvalue weighted by atomic mass is 10.1. The van der Waals surface area contributed by atoms with Gasteiger partial charge in [-0.3, -0.25) is 14.7 Å². The summed E-state index contributed by atoms with van der Waals surface area (Å²) < 4.78 is 1.94. The minimum atomic E-state index is 0.108. The molecule has 7 nitrogen and oxygen atoms in total. The van der Waals surface area contributed by atoms with Crippen LogP contribution in [0.1, 0.15) is 60.3 Å². The molecule has 1 saturated heterocycles. The highest BCUT2D eigenvalue weighted by molar-refractivity contribution is 6.05. The summed E-state index contributed by atoms with van der Waals surface area (Å²) in [5, 5.41) is 5.41. The first-order chi connectivity index (χ1) is 14.6. The predicted molar refractivity (Wildman–Crippen MR) is 115 cm³/mol. The molecule has 0 radical (unpaired) electrons. The fraction of sp³-hybridized carbons (Fsp3) is 0.478. The summed E-state index contributed by atoms with van der Waals surface area (Å²) in [4.78, 5) is 26.8. The highest BCUT2D eigenvalue weighted by Crippen LogP contribution is 2.40. The van der Waals surface area contributed by atoms with Crippen molar-refractivity contribution in [1.29, 1.82) is 0 Å². The number of amides is 1. The molecule has 4 heterocycles. The Bertz CT molecular complexity index is 1050. The first-order valence-corrected chi connectivity index (χ1v) is 10.9. The molecule has 0 unspecified atom stereocenters. The van der Waals surface area contributed by atoms with Crippen molar-refractivity contribution in [3.05, 3.63) is 53.6 Å². The van der Waals surface area contributed by atoms with Crippen LogP contribution in [0.2, 0.25) is 0 Å². The van der Waals surface area contributed by atoms with E-state index in [-0.39, 0.29) is 11.9 Å². The summed E-state index contributed by atoms with van der Waals surface area (Å²) in [7, 11) is 0. The van der Waals surface area contributed by atoms with E-state index >= 15 is 0 Å². The molecule has 1 aliphatic carbocycles. The lowest BCUT2D eigenvalue weighted by molar-refractivity contribution is 0.0630. The Morgan fingerprint density at radius 2 is 1.87 bits per heavy atom. The van der Waals surface area contributed by atoms with Crippen LogP contribution in [0.25, 0.3) is 11.0 Å². The molecular weight excluding hydrogens is 376 g/mol. The topological polar surface area (TPSA) is 67.2 Å². The Hall–Kier alpha value is -2.80. The number of fused-ring (bicyclic) bond motifs is 1. The third-order valence-electron chi connectivity index (χ3n) is 6.12.